The zero-order valence-corrected chi connectivity index (χ0v) is 11.9. The minimum atomic E-state index is -0.0748. The minimum absolute atomic E-state index is 0. The molecular formula is C12H21ClN4O. The fraction of sp³-hybridized carbons (Fsp3) is 0.667. The van der Waals surface area contributed by atoms with Crippen molar-refractivity contribution in [3.05, 3.63) is 17.5 Å². The number of halogens is 1. The highest BCUT2D eigenvalue weighted by Crippen LogP contribution is 2.09. The van der Waals surface area contributed by atoms with E-state index in [0.29, 0.717) is 11.7 Å². The molecule has 1 aliphatic heterocycles. The fourth-order valence-electron chi connectivity index (χ4n) is 2.16. The van der Waals surface area contributed by atoms with Gasteiger partial charge in [-0.3, -0.25) is 9.48 Å². The number of carbonyl (C=O) groups is 1. The standard InChI is InChI=1S/C12H20N4O.ClH/c1-8-7-11(15-16(8)3)12(17)14-10-5-4-6-13-9(10)2;/h7,9-10,13H,4-6H2,1-3H3,(H,14,17);1H. The van der Waals surface area contributed by atoms with Gasteiger partial charge in [-0.2, -0.15) is 5.10 Å². The van der Waals surface area contributed by atoms with Crippen LogP contribution in [-0.4, -0.2) is 34.3 Å². The van der Waals surface area contributed by atoms with Crippen LogP contribution in [-0.2, 0) is 7.05 Å². The molecule has 1 saturated heterocycles. The van der Waals surface area contributed by atoms with Gasteiger partial charge in [0.1, 0.15) is 5.69 Å². The van der Waals surface area contributed by atoms with Gasteiger partial charge >= 0.3 is 0 Å². The molecule has 5 nitrogen and oxygen atoms in total. The molecule has 1 fully saturated rings. The van der Waals surface area contributed by atoms with Crippen molar-refractivity contribution in [3.8, 4) is 0 Å². The summed E-state index contributed by atoms with van der Waals surface area (Å²) >= 11 is 0. The first kappa shape index (κ1) is 15.0. The largest absolute Gasteiger partial charge is 0.346 e. The number of piperidine rings is 1. The zero-order valence-electron chi connectivity index (χ0n) is 11.1. The van der Waals surface area contributed by atoms with E-state index in [4.69, 9.17) is 0 Å². The van der Waals surface area contributed by atoms with E-state index in [1.54, 1.807) is 4.68 Å². The highest BCUT2D eigenvalue weighted by atomic mass is 35.5. The number of hydrogen-bond acceptors (Lipinski definition) is 3. The predicted molar refractivity (Wildman–Crippen MR) is 73.1 cm³/mol. The molecule has 2 N–H and O–H groups in total. The fourth-order valence-corrected chi connectivity index (χ4v) is 2.16. The molecule has 0 saturated carbocycles. The van der Waals surface area contributed by atoms with Gasteiger partial charge in [0.15, 0.2) is 0 Å². The van der Waals surface area contributed by atoms with Gasteiger partial charge in [0.05, 0.1) is 0 Å². The van der Waals surface area contributed by atoms with E-state index in [1.807, 2.05) is 20.0 Å². The third-order valence-electron chi connectivity index (χ3n) is 3.42. The summed E-state index contributed by atoms with van der Waals surface area (Å²) in [7, 11) is 1.84. The average molecular weight is 273 g/mol. The lowest BCUT2D eigenvalue weighted by Crippen LogP contribution is -2.52. The van der Waals surface area contributed by atoms with Gasteiger partial charge in [0, 0.05) is 24.8 Å². The summed E-state index contributed by atoms with van der Waals surface area (Å²) in [6, 6.07) is 2.35. The van der Waals surface area contributed by atoms with E-state index in [0.717, 1.165) is 25.1 Å². The Morgan fingerprint density at radius 3 is 2.89 bits per heavy atom. The van der Waals surface area contributed by atoms with Crippen LogP contribution in [0.3, 0.4) is 0 Å². The van der Waals surface area contributed by atoms with Crippen molar-refractivity contribution in [1.29, 1.82) is 0 Å². The second kappa shape index (κ2) is 6.20. The van der Waals surface area contributed by atoms with Crippen LogP contribution in [0.2, 0.25) is 0 Å². The molecule has 6 heteroatoms. The van der Waals surface area contributed by atoms with Crippen molar-refractivity contribution in [3.63, 3.8) is 0 Å². The molecule has 2 unspecified atom stereocenters. The summed E-state index contributed by atoms with van der Waals surface area (Å²) in [5.41, 5.74) is 1.49. The molecule has 2 rings (SSSR count). The van der Waals surface area contributed by atoms with E-state index >= 15 is 0 Å². The van der Waals surface area contributed by atoms with Crippen LogP contribution in [0.1, 0.15) is 35.9 Å². The third kappa shape index (κ3) is 3.23. The summed E-state index contributed by atoms with van der Waals surface area (Å²) in [5, 5.41) is 10.6. The molecule has 18 heavy (non-hydrogen) atoms. The molecule has 1 amide bonds. The van der Waals surface area contributed by atoms with Gasteiger partial charge in [-0.05, 0) is 39.3 Å². The van der Waals surface area contributed by atoms with Crippen molar-refractivity contribution in [2.45, 2.75) is 38.8 Å². The lowest BCUT2D eigenvalue weighted by atomic mass is 10.00. The highest BCUT2D eigenvalue weighted by molar-refractivity contribution is 5.92. The number of aryl methyl sites for hydroxylation is 2. The Labute approximate surface area is 114 Å². The maximum Gasteiger partial charge on any atom is 0.272 e. The Kier molecular flexibility index (Phi) is 5.16. The summed E-state index contributed by atoms with van der Waals surface area (Å²) in [6.45, 7) is 5.08. The Hall–Kier alpha value is -1.07. The molecule has 2 atom stereocenters. The first-order chi connectivity index (χ1) is 8.08. The molecule has 0 spiro atoms. The Morgan fingerprint density at radius 1 is 1.61 bits per heavy atom. The average Bonchev–Trinajstić information content (AvgIpc) is 2.63. The summed E-state index contributed by atoms with van der Waals surface area (Å²) in [4.78, 5) is 12.0. The van der Waals surface area contributed by atoms with Crippen LogP contribution < -0.4 is 10.6 Å². The first-order valence-electron chi connectivity index (χ1n) is 6.13. The van der Waals surface area contributed by atoms with Crippen molar-refractivity contribution >= 4 is 18.3 Å². The molecule has 0 bridgehead atoms. The lowest BCUT2D eigenvalue weighted by molar-refractivity contribution is 0.0914. The highest BCUT2D eigenvalue weighted by Gasteiger charge is 2.23. The second-order valence-corrected chi connectivity index (χ2v) is 4.76. The van der Waals surface area contributed by atoms with Gasteiger partial charge in [-0.15, -0.1) is 12.4 Å². The van der Waals surface area contributed by atoms with E-state index < -0.39 is 0 Å². The summed E-state index contributed by atoms with van der Waals surface area (Å²) < 4.78 is 1.72. The number of nitrogens with zero attached hydrogens (tertiary/aromatic N) is 2. The van der Waals surface area contributed by atoms with Crippen molar-refractivity contribution in [1.82, 2.24) is 20.4 Å². The Morgan fingerprint density at radius 2 is 2.33 bits per heavy atom. The van der Waals surface area contributed by atoms with Gasteiger partial charge in [-0.1, -0.05) is 0 Å². The molecule has 2 heterocycles. The smallest absolute Gasteiger partial charge is 0.272 e. The van der Waals surface area contributed by atoms with Crippen LogP contribution in [0.4, 0.5) is 0 Å². The molecule has 102 valence electrons. The number of carbonyl (C=O) groups excluding carboxylic acids is 1. The lowest BCUT2D eigenvalue weighted by Gasteiger charge is -2.30. The molecule has 0 aromatic carbocycles. The van der Waals surface area contributed by atoms with Gasteiger partial charge in [-0.25, -0.2) is 0 Å². The topological polar surface area (TPSA) is 59.0 Å². The Balaban J connectivity index is 0.00000162. The number of rotatable bonds is 2. The maximum absolute atomic E-state index is 12.0. The summed E-state index contributed by atoms with van der Waals surface area (Å²) in [6.07, 6.45) is 2.14. The quantitative estimate of drug-likeness (QED) is 0.845. The molecular weight excluding hydrogens is 252 g/mol. The van der Waals surface area contributed by atoms with E-state index in [2.05, 4.69) is 22.7 Å². The minimum Gasteiger partial charge on any atom is -0.346 e. The van der Waals surface area contributed by atoms with Crippen molar-refractivity contribution in [2.75, 3.05) is 6.54 Å². The van der Waals surface area contributed by atoms with Crippen molar-refractivity contribution < 1.29 is 4.79 Å². The number of nitrogens with one attached hydrogen (secondary N) is 2. The SMILES string of the molecule is Cc1cc(C(=O)NC2CCCNC2C)nn1C.Cl. The monoisotopic (exact) mass is 272 g/mol. The van der Waals surface area contributed by atoms with E-state index in [9.17, 15) is 4.79 Å². The second-order valence-electron chi connectivity index (χ2n) is 4.76. The Bertz CT molecular complexity index is 399. The number of amides is 1. The molecule has 0 aliphatic carbocycles. The number of aromatic nitrogens is 2. The number of hydrogen-bond donors (Lipinski definition) is 2. The van der Waals surface area contributed by atoms with Crippen LogP contribution in [0.25, 0.3) is 0 Å². The van der Waals surface area contributed by atoms with Gasteiger partial charge in [0.25, 0.3) is 5.91 Å². The van der Waals surface area contributed by atoms with Crippen LogP contribution in [0, 0.1) is 6.92 Å². The van der Waals surface area contributed by atoms with E-state index in [1.165, 1.54) is 0 Å². The summed E-state index contributed by atoms with van der Waals surface area (Å²) in [5.74, 6) is -0.0748. The van der Waals surface area contributed by atoms with Crippen LogP contribution in [0.15, 0.2) is 6.07 Å². The van der Waals surface area contributed by atoms with Crippen molar-refractivity contribution in [2.24, 2.45) is 7.05 Å². The van der Waals surface area contributed by atoms with E-state index in [-0.39, 0.29) is 24.4 Å². The first-order valence-corrected chi connectivity index (χ1v) is 6.13. The molecule has 1 aromatic rings. The molecule has 1 aliphatic rings. The maximum atomic E-state index is 12.0. The normalized spacial score (nSPS) is 23.3. The van der Waals surface area contributed by atoms with Crippen LogP contribution >= 0.6 is 12.4 Å². The van der Waals surface area contributed by atoms with Gasteiger partial charge < -0.3 is 10.6 Å². The molecule has 1 aromatic heterocycles. The van der Waals surface area contributed by atoms with Crippen LogP contribution in [0.5, 0.6) is 0 Å². The predicted octanol–water partition coefficient (Wildman–Crippen LogP) is 1.02. The van der Waals surface area contributed by atoms with Gasteiger partial charge in [0.2, 0.25) is 0 Å². The molecule has 0 radical (unpaired) electrons. The zero-order chi connectivity index (χ0) is 12.4. The third-order valence-corrected chi connectivity index (χ3v) is 3.42.